The number of methoxy groups -OCH3 is 1. The van der Waals surface area contributed by atoms with Crippen LogP contribution in [0.5, 0.6) is 5.75 Å². The van der Waals surface area contributed by atoms with Crippen LogP contribution in [0, 0.1) is 0 Å². The van der Waals surface area contributed by atoms with E-state index in [9.17, 15) is 9.59 Å². The van der Waals surface area contributed by atoms with Crippen molar-refractivity contribution >= 4 is 11.6 Å². The second-order valence-electron chi connectivity index (χ2n) is 4.41. The van der Waals surface area contributed by atoms with Gasteiger partial charge < -0.3 is 4.74 Å². The smallest absolute Gasteiger partial charge is 0.167 e. The largest absolute Gasteiger partial charge is 0.496 e. The van der Waals surface area contributed by atoms with Gasteiger partial charge in [-0.1, -0.05) is 42.5 Å². The molecular weight excluding hydrogens is 252 g/mol. The summed E-state index contributed by atoms with van der Waals surface area (Å²) < 4.78 is 5.15. The number of hydrogen-bond acceptors (Lipinski definition) is 3. The van der Waals surface area contributed by atoms with Crippen LogP contribution in [0.15, 0.2) is 54.6 Å². The Morgan fingerprint density at radius 2 is 1.45 bits per heavy atom. The molecular formula is C17H16O3. The van der Waals surface area contributed by atoms with Crippen molar-refractivity contribution in [3.63, 3.8) is 0 Å². The van der Waals surface area contributed by atoms with Gasteiger partial charge in [0.1, 0.15) is 5.75 Å². The molecule has 0 unspecified atom stereocenters. The van der Waals surface area contributed by atoms with Crippen LogP contribution in [-0.2, 0) is 0 Å². The lowest BCUT2D eigenvalue weighted by molar-refractivity contribution is 0.0916. The Balaban J connectivity index is 2.01. The molecule has 0 saturated heterocycles. The number of ether oxygens (including phenoxy) is 1. The SMILES string of the molecule is COc1ccccc1C(=O)CCC(=O)c1ccccc1. The predicted molar refractivity (Wildman–Crippen MR) is 77.3 cm³/mol. The average molecular weight is 268 g/mol. The van der Waals surface area contributed by atoms with E-state index < -0.39 is 0 Å². The molecule has 2 rings (SSSR count). The van der Waals surface area contributed by atoms with Crippen molar-refractivity contribution in [2.45, 2.75) is 12.8 Å². The van der Waals surface area contributed by atoms with Crippen molar-refractivity contribution in [2.75, 3.05) is 7.11 Å². The van der Waals surface area contributed by atoms with Crippen molar-refractivity contribution in [1.82, 2.24) is 0 Å². The summed E-state index contributed by atoms with van der Waals surface area (Å²) in [4.78, 5) is 24.1. The number of para-hydroxylation sites is 1. The van der Waals surface area contributed by atoms with Crippen molar-refractivity contribution in [3.05, 3.63) is 65.7 Å². The Hall–Kier alpha value is -2.42. The monoisotopic (exact) mass is 268 g/mol. The molecule has 3 nitrogen and oxygen atoms in total. The molecule has 2 aromatic rings. The molecule has 0 aromatic heterocycles. The molecule has 0 bridgehead atoms. The zero-order valence-corrected chi connectivity index (χ0v) is 11.3. The van der Waals surface area contributed by atoms with Crippen molar-refractivity contribution in [2.24, 2.45) is 0 Å². The lowest BCUT2D eigenvalue weighted by atomic mass is 10.0. The number of rotatable bonds is 6. The van der Waals surface area contributed by atoms with Gasteiger partial charge in [-0.25, -0.2) is 0 Å². The van der Waals surface area contributed by atoms with Gasteiger partial charge in [-0.2, -0.15) is 0 Å². The maximum absolute atomic E-state index is 12.1. The quantitative estimate of drug-likeness (QED) is 0.753. The first kappa shape index (κ1) is 14.0. The average Bonchev–Trinajstić information content (AvgIpc) is 2.53. The molecule has 20 heavy (non-hydrogen) atoms. The van der Waals surface area contributed by atoms with Crippen LogP contribution in [0.25, 0.3) is 0 Å². The summed E-state index contributed by atoms with van der Waals surface area (Å²) in [7, 11) is 1.53. The second kappa shape index (κ2) is 6.66. The van der Waals surface area contributed by atoms with Crippen LogP contribution in [0.3, 0.4) is 0 Å². The Morgan fingerprint density at radius 3 is 2.15 bits per heavy atom. The van der Waals surface area contributed by atoms with Crippen molar-refractivity contribution < 1.29 is 14.3 Å². The number of benzene rings is 2. The molecule has 0 heterocycles. The van der Waals surface area contributed by atoms with E-state index in [2.05, 4.69) is 0 Å². The molecule has 0 atom stereocenters. The minimum absolute atomic E-state index is 0.0196. The number of carbonyl (C=O) groups excluding carboxylic acids is 2. The maximum atomic E-state index is 12.1. The zero-order chi connectivity index (χ0) is 14.4. The third-order valence-electron chi connectivity index (χ3n) is 3.08. The van der Waals surface area contributed by atoms with Crippen molar-refractivity contribution in [1.29, 1.82) is 0 Å². The molecule has 3 heteroatoms. The fourth-order valence-electron chi connectivity index (χ4n) is 2.01. The third kappa shape index (κ3) is 3.32. The van der Waals surface area contributed by atoms with Gasteiger partial charge in [0.05, 0.1) is 12.7 Å². The lowest BCUT2D eigenvalue weighted by Crippen LogP contribution is -2.06. The number of ketones is 2. The fraction of sp³-hybridized carbons (Fsp3) is 0.176. The second-order valence-corrected chi connectivity index (χ2v) is 4.41. The van der Waals surface area contributed by atoms with E-state index in [0.29, 0.717) is 16.9 Å². The number of carbonyl (C=O) groups is 2. The number of hydrogen-bond donors (Lipinski definition) is 0. The molecule has 0 radical (unpaired) electrons. The molecule has 0 spiro atoms. The summed E-state index contributed by atoms with van der Waals surface area (Å²) in [5, 5.41) is 0. The molecule has 0 amide bonds. The fourth-order valence-corrected chi connectivity index (χ4v) is 2.01. The summed E-state index contributed by atoms with van der Waals surface area (Å²) in [6.07, 6.45) is 0.398. The van der Waals surface area contributed by atoms with Crippen LogP contribution < -0.4 is 4.74 Å². The van der Waals surface area contributed by atoms with E-state index in [-0.39, 0.29) is 24.4 Å². The molecule has 0 fully saturated rings. The minimum atomic E-state index is -0.0771. The molecule has 102 valence electrons. The van der Waals surface area contributed by atoms with E-state index >= 15 is 0 Å². The Labute approximate surface area is 118 Å². The Bertz CT molecular complexity index is 603. The van der Waals surface area contributed by atoms with Gasteiger partial charge in [0.2, 0.25) is 0 Å². The highest BCUT2D eigenvalue weighted by atomic mass is 16.5. The minimum Gasteiger partial charge on any atom is -0.496 e. The van der Waals surface area contributed by atoms with Gasteiger partial charge in [-0.15, -0.1) is 0 Å². The van der Waals surface area contributed by atoms with Gasteiger partial charge in [-0.3, -0.25) is 9.59 Å². The van der Waals surface area contributed by atoms with Crippen LogP contribution in [0.4, 0.5) is 0 Å². The lowest BCUT2D eigenvalue weighted by Gasteiger charge is -2.06. The molecule has 2 aromatic carbocycles. The summed E-state index contributed by atoms with van der Waals surface area (Å²) in [6, 6.07) is 16.1. The van der Waals surface area contributed by atoms with E-state index in [4.69, 9.17) is 4.74 Å². The van der Waals surface area contributed by atoms with E-state index in [0.717, 1.165) is 0 Å². The van der Waals surface area contributed by atoms with Gasteiger partial charge in [0.25, 0.3) is 0 Å². The van der Waals surface area contributed by atoms with Gasteiger partial charge >= 0.3 is 0 Å². The molecule has 0 saturated carbocycles. The Kier molecular flexibility index (Phi) is 4.66. The number of Topliss-reactive ketones (excluding diaryl/α,β-unsaturated/α-hetero) is 2. The van der Waals surface area contributed by atoms with Crippen LogP contribution in [0.1, 0.15) is 33.6 Å². The van der Waals surface area contributed by atoms with Crippen LogP contribution in [0.2, 0.25) is 0 Å². The molecule has 0 aliphatic rings. The Morgan fingerprint density at radius 1 is 0.850 bits per heavy atom. The summed E-state index contributed by atoms with van der Waals surface area (Å²) in [5.74, 6) is 0.449. The first-order valence-electron chi connectivity index (χ1n) is 6.47. The zero-order valence-electron chi connectivity index (χ0n) is 11.3. The van der Waals surface area contributed by atoms with Gasteiger partial charge in [0, 0.05) is 18.4 Å². The normalized spacial score (nSPS) is 10.1. The highest BCUT2D eigenvalue weighted by Gasteiger charge is 2.14. The summed E-state index contributed by atoms with van der Waals surface area (Å²) in [6.45, 7) is 0. The first-order valence-corrected chi connectivity index (χ1v) is 6.47. The van der Waals surface area contributed by atoms with Gasteiger partial charge in [-0.05, 0) is 12.1 Å². The third-order valence-corrected chi connectivity index (χ3v) is 3.08. The van der Waals surface area contributed by atoms with E-state index in [1.807, 2.05) is 24.3 Å². The first-order chi connectivity index (χ1) is 9.72. The van der Waals surface area contributed by atoms with E-state index in [1.165, 1.54) is 7.11 Å². The van der Waals surface area contributed by atoms with Crippen molar-refractivity contribution in [3.8, 4) is 5.75 Å². The summed E-state index contributed by atoms with van der Waals surface area (Å²) in [5.41, 5.74) is 1.16. The molecule has 0 aliphatic heterocycles. The van der Waals surface area contributed by atoms with Gasteiger partial charge in [0.15, 0.2) is 11.6 Å². The van der Waals surface area contributed by atoms with Crippen LogP contribution in [-0.4, -0.2) is 18.7 Å². The standard InChI is InChI=1S/C17H16O3/c1-20-17-10-6-5-9-14(17)16(19)12-11-15(18)13-7-3-2-4-8-13/h2-10H,11-12H2,1H3. The highest BCUT2D eigenvalue weighted by Crippen LogP contribution is 2.20. The van der Waals surface area contributed by atoms with E-state index in [1.54, 1.807) is 30.3 Å². The molecule has 0 aliphatic carbocycles. The highest BCUT2D eigenvalue weighted by molar-refractivity contribution is 6.03. The topological polar surface area (TPSA) is 43.4 Å². The molecule has 0 N–H and O–H groups in total. The predicted octanol–water partition coefficient (Wildman–Crippen LogP) is 3.54. The van der Waals surface area contributed by atoms with Crippen LogP contribution >= 0.6 is 0 Å². The maximum Gasteiger partial charge on any atom is 0.167 e. The summed E-state index contributed by atoms with van der Waals surface area (Å²) >= 11 is 0.